The van der Waals surface area contributed by atoms with Crippen molar-refractivity contribution in [3.63, 3.8) is 0 Å². The summed E-state index contributed by atoms with van der Waals surface area (Å²) < 4.78 is 26.4. The predicted molar refractivity (Wildman–Crippen MR) is 152 cm³/mol. The molecule has 0 saturated heterocycles. The third-order valence-electron chi connectivity index (χ3n) is 6.95. The van der Waals surface area contributed by atoms with Crippen LogP contribution in [0.1, 0.15) is 58.4 Å². The molecule has 0 unspecified atom stereocenters. The van der Waals surface area contributed by atoms with E-state index in [-0.39, 0.29) is 23.6 Å². The maximum atomic E-state index is 12.9. The Hall–Kier alpha value is -2.59. The Morgan fingerprint density at radius 2 is 1.81 bits per heavy atom. The number of nitrogens with two attached hydrogens (primary N) is 1. The number of pyridine rings is 1. The fourth-order valence-electron chi connectivity index (χ4n) is 4.75. The first-order valence-corrected chi connectivity index (χ1v) is 15.4. The summed E-state index contributed by atoms with van der Waals surface area (Å²) in [6.07, 6.45) is 5.31. The molecule has 198 valence electrons. The number of hydrogen-bond donors (Lipinski definition) is 3. The maximum absolute atomic E-state index is 12.9. The molecule has 1 fully saturated rings. The van der Waals surface area contributed by atoms with Gasteiger partial charge >= 0.3 is 0 Å². The van der Waals surface area contributed by atoms with E-state index in [1.54, 1.807) is 24.5 Å². The molecular formula is C28H36N4O3S2. The van der Waals surface area contributed by atoms with Crippen LogP contribution in [0.15, 0.2) is 53.4 Å². The first-order chi connectivity index (χ1) is 17.5. The smallest absolute Gasteiger partial charge is 0.224 e. The molecule has 2 aromatic heterocycles. The fourth-order valence-corrected chi connectivity index (χ4v) is 6.32. The van der Waals surface area contributed by atoms with Gasteiger partial charge in [0.15, 0.2) is 0 Å². The summed E-state index contributed by atoms with van der Waals surface area (Å²) in [6.45, 7) is 5.60. The average Bonchev–Trinajstić information content (AvgIpc) is 3.40. The van der Waals surface area contributed by atoms with Gasteiger partial charge in [-0.3, -0.25) is 9.78 Å². The molecule has 3 aromatic rings. The van der Waals surface area contributed by atoms with E-state index in [0.717, 1.165) is 53.6 Å². The quantitative estimate of drug-likeness (QED) is 0.332. The van der Waals surface area contributed by atoms with Crippen LogP contribution in [0.2, 0.25) is 0 Å². The van der Waals surface area contributed by atoms with Crippen LogP contribution >= 0.6 is 11.3 Å². The lowest BCUT2D eigenvalue weighted by Crippen LogP contribution is -2.38. The molecule has 4 rings (SSSR count). The van der Waals surface area contributed by atoms with Crippen LogP contribution in [0.3, 0.4) is 0 Å². The molecule has 7 nitrogen and oxygen atoms in total. The van der Waals surface area contributed by atoms with E-state index in [9.17, 15) is 13.2 Å². The van der Waals surface area contributed by atoms with Gasteiger partial charge in [-0.2, -0.15) is 11.3 Å². The lowest BCUT2D eigenvalue weighted by Gasteiger charge is -2.28. The van der Waals surface area contributed by atoms with Crippen molar-refractivity contribution in [2.45, 2.75) is 64.5 Å². The summed E-state index contributed by atoms with van der Waals surface area (Å²) in [5.74, 6) is 0.293. The van der Waals surface area contributed by atoms with Crippen molar-refractivity contribution in [1.82, 2.24) is 9.71 Å². The summed E-state index contributed by atoms with van der Waals surface area (Å²) in [4.78, 5) is 17.6. The molecular weight excluding hydrogens is 504 g/mol. The van der Waals surface area contributed by atoms with Crippen LogP contribution in [-0.2, 0) is 20.4 Å². The van der Waals surface area contributed by atoms with Gasteiger partial charge in [0.25, 0.3) is 0 Å². The van der Waals surface area contributed by atoms with E-state index < -0.39 is 15.6 Å². The molecule has 1 aromatic carbocycles. The van der Waals surface area contributed by atoms with Crippen molar-refractivity contribution in [3.8, 4) is 22.4 Å². The number of nitrogens with one attached hydrogen (secondary N) is 2. The van der Waals surface area contributed by atoms with Gasteiger partial charge in [0, 0.05) is 29.1 Å². The molecule has 37 heavy (non-hydrogen) atoms. The summed E-state index contributed by atoms with van der Waals surface area (Å²) in [6, 6.07) is 12.2. The Morgan fingerprint density at radius 3 is 2.41 bits per heavy atom. The molecule has 0 radical (unpaired) electrons. The van der Waals surface area contributed by atoms with E-state index in [1.807, 2.05) is 49.6 Å². The average molecular weight is 541 g/mol. The van der Waals surface area contributed by atoms with E-state index in [1.165, 1.54) is 0 Å². The van der Waals surface area contributed by atoms with Crippen LogP contribution < -0.4 is 15.8 Å². The van der Waals surface area contributed by atoms with Gasteiger partial charge in [0.1, 0.15) is 0 Å². The number of benzene rings is 1. The van der Waals surface area contributed by atoms with Gasteiger partial charge < -0.3 is 11.1 Å². The minimum absolute atomic E-state index is 0.0286. The topological polar surface area (TPSA) is 114 Å². The second-order valence-corrected chi connectivity index (χ2v) is 13.2. The zero-order valence-corrected chi connectivity index (χ0v) is 23.3. The van der Waals surface area contributed by atoms with Crippen molar-refractivity contribution >= 4 is 33.0 Å². The van der Waals surface area contributed by atoms with Gasteiger partial charge in [-0.25, -0.2) is 13.1 Å². The van der Waals surface area contributed by atoms with Gasteiger partial charge in [-0.15, -0.1) is 0 Å². The minimum Gasteiger partial charge on any atom is -0.325 e. The van der Waals surface area contributed by atoms with Crippen molar-refractivity contribution < 1.29 is 13.2 Å². The zero-order chi connectivity index (χ0) is 26.6. The number of amides is 1. The molecule has 0 spiro atoms. The summed E-state index contributed by atoms with van der Waals surface area (Å²) >= 11 is 1.62. The van der Waals surface area contributed by atoms with Crippen LogP contribution in [0.25, 0.3) is 22.4 Å². The number of thiophene rings is 1. The molecule has 9 heteroatoms. The Balaban J connectivity index is 1.44. The molecule has 1 aliphatic carbocycles. The highest BCUT2D eigenvalue weighted by Crippen LogP contribution is 2.35. The van der Waals surface area contributed by atoms with Crippen molar-refractivity contribution in [2.75, 3.05) is 11.1 Å². The van der Waals surface area contributed by atoms with Crippen LogP contribution in [0.4, 0.5) is 5.69 Å². The van der Waals surface area contributed by atoms with E-state index in [2.05, 4.69) is 21.5 Å². The SMILES string of the molecule is CCS(=O)(=O)NC1CCC(CC(=O)Nc2cnc(-c3ccc(C(C)(C)N)cc3)c(-c3ccsc3)c2)CC1. The number of anilines is 1. The number of carbonyl (C=O) groups is 1. The van der Waals surface area contributed by atoms with Crippen LogP contribution in [0.5, 0.6) is 0 Å². The Labute approximate surface area is 224 Å². The monoisotopic (exact) mass is 540 g/mol. The lowest BCUT2D eigenvalue weighted by molar-refractivity contribution is -0.117. The standard InChI is InChI=1S/C28H36N4O3S2/c1-4-37(34,35)32-23-11-5-19(6-12-23)15-26(33)31-24-16-25(21-13-14-36-18-21)27(30-17-24)20-7-9-22(10-8-20)28(2,3)29/h7-10,13-14,16-19,23,32H,4-6,11-12,15,29H2,1-3H3,(H,31,33). The number of hydrogen-bond acceptors (Lipinski definition) is 6. The van der Waals surface area contributed by atoms with Crippen LogP contribution in [-0.4, -0.2) is 31.1 Å². The van der Waals surface area contributed by atoms with Crippen molar-refractivity contribution in [3.05, 3.63) is 58.9 Å². The van der Waals surface area contributed by atoms with Crippen molar-refractivity contribution in [2.24, 2.45) is 11.7 Å². The predicted octanol–water partition coefficient (Wildman–Crippen LogP) is 5.50. The van der Waals surface area contributed by atoms with E-state index in [4.69, 9.17) is 10.7 Å². The molecule has 1 saturated carbocycles. The maximum Gasteiger partial charge on any atom is 0.224 e. The summed E-state index contributed by atoms with van der Waals surface area (Å²) in [7, 11) is -3.20. The Morgan fingerprint density at radius 1 is 1.11 bits per heavy atom. The van der Waals surface area contributed by atoms with Gasteiger partial charge in [-0.1, -0.05) is 24.3 Å². The second-order valence-electron chi connectivity index (χ2n) is 10.4. The van der Waals surface area contributed by atoms with Crippen molar-refractivity contribution in [1.29, 1.82) is 0 Å². The summed E-state index contributed by atoms with van der Waals surface area (Å²) in [5.41, 5.74) is 11.4. The highest BCUT2D eigenvalue weighted by atomic mass is 32.2. The van der Waals surface area contributed by atoms with Gasteiger partial charge in [0.05, 0.1) is 23.3 Å². The number of aromatic nitrogens is 1. The number of rotatable bonds is 9. The molecule has 2 heterocycles. The van der Waals surface area contributed by atoms with E-state index in [0.29, 0.717) is 12.1 Å². The van der Waals surface area contributed by atoms with Gasteiger partial charge in [0.2, 0.25) is 15.9 Å². The molecule has 4 N–H and O–H groups in total. The molecule has 1 aliphatic rings. The first kappa shape index (κ1) is 27.4. The van der Waals surface area contributed by atoms with Crippen LogP contribution in [0, 0.1) is 5.92 Å². The zero-order valence-electron chi connectivity index (χ0n) is 21.7. The second kappa shape index (κ2) is 11.4. The third-order valence-corrected chi connectivity index (χ3v) is 9.09. The largest absolute Gasteiger partial charge is 0.325 e. The number of carbonyl (C=O) groups excluding carboxylic acids is 1. The first-order valence-electron chi connectivity index (χ1n) is 12.8. The summed E-state index contributed by atoms with van der Waals surface area (Å²) in [5, 5.41) is 7.14. The Bertz CT molecular complexity index is 1310. The Kier molecular flexibility index (Phi) is 8.48. The highest BCUT2D eigenvalue weighted by molar-refractivity contribution is 7.89. The minimum atomic E-state index is -3.20. The number of nitrogens with zero attached hydrogens (tertiary/aromatic N) is 1. The normalized spacial score (nSPS) is 18.5. The number of sulfonamides is 1. The van der Waals surface area contributed by atoms with Gasteiger partial charge in [-0.05, 0) is 86.4 Å². The molecule has 0 bridgehead atoms. The highest BCUT2D eigenvalue weighted by Gasteiger charge is 2.26. The third kappa shape index (κ3) is 7.25. The molecule has 0 atom stereocenters. The fraction of sp³-hybridized carbons (Fsp3) is 0.429. The molecule has 1 amide bonds. The lowest BCUT2D eigenvalue weighted by atomic mass is 9.84. The van der Waals surface area contributed by atoms with E-state index >= 15 is 0 Å². The molecule has 0 aliphatic heterocycles.